The number of pyridine rings is 1. The van der Waals surface area contributed by atoms with Crippen LogP contribution < -0.4 is 4.74 Å². The first-order valence-electron chi connectivity index (χ1n) is 9.62. The van der Waals surface area contributed by atoms with E-state index in [4.69, 9.17) is 9.47 Å². The van der Waals surface area contributed by atoms with Gasteiger partial charge in [-0.15, -0.1) is 0 Å². The molecule has 0 aliphatic heterocycles. The Morgan fingerprint density at radius 2 is 1.61 bits per heavy atom. The van der Waals surface area contributed by atoms with E-state index in [2.05, 4.69) is 4.98 Å². The van der Waals surface area contributed by atoms with E-state index in [1.807, 2.05) is 42.5 Å². The van der Waals surface area contributed by atoms with Crippen molar-refractivity contribution < 1.29 is 23.0 Å². The Kier molecular flexibility index (Phi) is 5.62. The Hall–Kier alpha value is -3.80. The molecule has 4 nitrogen and oxygen atoms in total. The molecule has 0 fully saturated rings. The zero-order valence-electron chi connectivity index (χ0n) is 16.7. The van der Waals surface area contributed by atoms with Crippen molar-refractivity contribution in [1.29, 1.82) is 0 Å². The lowest BCUT2D eigenvalue weighted by Gasteiger charge is -2.18. The summed E-state index contributed by atoms with van der Waals surface area (Å²) in [4.78, 5) is 16.4. The van der Waals surface area contributed by atoms with E-state index in [0.29, 0.717) is 11.3 Å². The van der Waals surface area contributed by atoms with Crippen LogP contribution in [0.5, 0.6) is 5.88 Å². The van der Waals surface area contributed by atoms with E-state index in [0.717, 1.165) is 22.4 Å². The van der Waals surface area contributed by atoms with E-state index in [1.165, 1.54) is 13.2 Å². The molecule has 0 unspecified atom stereocenters. The molecule has 0 amide bonds. The van der Waals surface area contributed by atoms with Crippen LogP contribution in [-0.2, 0) is 22.1 Å². The number of aromatic nitrogens is 1. The number of alkyl halides is 2. The average molecular weight is 419 g/mol. The average Bonchev–Trinajstić information content (AvgIpc) is 2.82. The maximum atomic E-state index is 14.8. The molecule has 0 radical (unpaired) electrons. The van der Waals surface area contributed by atoms with Crippen LogP contribution in [0.1, 0.15) is 11.1 Å². The minimum Gasteiger partial charge on any atom is -0.481 e. The number of esters is 1. The molecular formula is C25H19F2NO3. The molecule has 0 atom stereocenters. The SMILES string of the molecule is COc1nc(-c2ccc3ccccc3c2)ccc1C(F)(F)C(=O)OCc1ccccc1. The van der Waals surface area contributed by atoms with Crippen LogP contribution in [0.4, 0.5) is 8.78 Å². The second kappa shape index (κ2) is 8.52. The van der Waals surface area contributed by atoms with Gasteiger partial charge in [0.25, 0.3) is 0 Å². The van der Waals surface area contributed by atoms with Crippen molar-refractivity contribution in [3.63, 3.8) is 0 Å². The molecule has 6 heteroatoms. The van der Waals surface area contributed by atoms with Crippen molar-refractivity contribution >= 4 is 16.7 Å². The normalized spacial score (nSPS) is 11.3. The van der Waals surface area contributed by atoms with E-state index >= 15 is 0 Å². The van der Waals surface area contributed by atoms with Gasteiger partial charge in [0.2, 0.25) is 5.88 Å². The van der Waals surface area contributed by atoms with Crippen LogP contribution >= 0.6 is 0 Å². The Bertz CT molecular complexity index is 1230. The number of carbonyl (C=O) groups excluding carboxylic acids is 1. The van der Waals surface area contributed by atoms with Crippen molar-refractivity contribution in [2.75, 3.05) is 7.11 Å². The molecule has 156 valence electrons. The number of methoxy groups -OCH3 is 1. The summed E-state index contributed by atoms with van der Waals surface area (Å²) in [5, 5.41) is 2.06. The van der Waals surface area contributed by atoms with Crippen LogP contribution in [0.3, 0.4) is 0 Å². The Labute approximate surface area is 178 Å². The van der Waals surface area contributed by atoms with Crippen LogP contribution in [-0.4, -0.2) is 18.1 Å². The third-order valence-electron chi connectivity index (χ3n) is 4.91. The van der Waals surface area contributed by atoms with Crippen molar-refractivity contribution in [2.45, 2.75) is 12.5 Å². The molecule has 0 saturated heterocycles. The summed E-state index contributed by atoms with van der Waals surface area (Å²) in [6.07, 6.45) is 0. The number of carbonyl (C=O) groups is 1. The second-order valence-electron chi connectivity index (χ2n) is 6.95. The van der Waals surface area contributed by atoms with Gasteiger partial charge in [0.15, 0.2) is 0 Å². The Balaban J connectivity index is 1.61. The summed E-state index contributed by atoms with van der Waals surface area (Å²) in [6, 6.07) is 24.7. The maximum absolute atomic E-state index is 14.8. The highest BCUT2D eigenvalue weighted by Crippen LogP contribution is 2.37. The first kappa shape index (κ1) is 20.5. The van der Waals surface area contributed by atoms with Crippen molar-refractivity contribution in [2.24, 2.45) is 0 Å². The molecule has 0 saturated carbocycles. The number of hydrogen-bond acceptors (Lipinski definition) is 4. The quantitative estimate of drug-likeness (QED) is 0.374. The monoisotopic (exact) mass is 419 g/mol. The molecular weight excluding hydrogens is 400 g/mol. The zero-order chi connectivity index (χ0) is 21.8. The molecule has 0 bridgehead atoms. The van der Waals surface area contributed by atoms with Crippen molar-refractivity contribution in [3.8, 4) is 17.1 Å². The highest BCUT2D eigenvalue weighted by Gasteiger charge is 2.46. The van der Waals surface area contributed by atoms with Crippen molar-refractivity contribution in [1.82, 2.24) is 4.98 Å². The van der Waals surface area contributed by atoms with Gasteiger partial charge in [-0.3, -0.25) is 0 Å². The van der Waals surface area contributed by atoms with E-state index < -0.39 is 17.5 Å². The maximum Gasteiger partial charge on any atom is 0.382 e. The van der Waals surface area contributed by atoms with Crippen LogP contribution in [0.2, 0.25) is 0 Å². The van der Waals surface area contributed by atoms with E-state index in [9.17, 15) is 13.6 Å². The van der Waals surface area contributed by atoms with Gasteiger partial charge in [0.1, 0.15) is 6.61 Å². The first-order chi connectivity index (χ1) is 15.0. The zero-order valence-corrected chi connectivity index (χ0v) is 16.7. The van der Waals surface area contributed by atoms with Gasteiger partial charge in [-0.05, 0) is 34.5 Å². The smallest absolute Gasteiger partial charge is 0.382 e. The number of benzene rings is 3. The third kappa shape index (κ3) is 4.23. The van der Waals surface area contributed by atoms with Gasteiger partial charge in [-0.25, -0.2) is 9.78 Å². The molecule has 0 N–H and O–H groups in total. The van der Waals surface area contributed by atoms with Gasteiger partial charge >= 0.3 is 11.9 Å². The predicted octanol–water partition coefficient (Wildman–Crippen LogP) is 5.75. The predicted molar refractivity (Wildman–Crippen MR) is 114 cm³/mol. The van der Waals surface area contributed by atoms with Gasteiger partial charge in [-0.2, -0.15) is 8.78 Å². The summed E-state index contributed by atoms with van der Waals surface area (Å²) in [5.74, 6) is -5.89. The number of ether oxygens (including phenoxy) is 2. The fourth-order valence-electron chi connectivity index (χ4n) is 3.27. The number of hydrogen-bond donors (Lipinski definition) is 0. The summed E-state index contributed by atoms with van der Waals surface area (Å²) >= 11 is 0. The first-order valence-corrected chi connectivity index (χ1v) is 9.62. The summed E-state index contributed by atoms with van der Waals surface area (Å²) in [6.45, 7) is -0.250. The summed E-state index contributed by atoms with van der Waals surface area (Å²) in [5.41, 5.74) is 1.18. The standard InChI is InChI=1S/C25H19F2NO3/c1-30-23-21(25(26,27)24(29)31-16-17-7-3-2-4-8-17)13-14-22(28-23)20-12-11-18-9-5-6-10-19(18)15-20/h2-15H,16H2,1H3. The van der Waals surface area contributed by atoms with Crippen molar-refractivity contribution in [3.05, 3.63) is 96.1 Å². The van der Waals surface area contributed by atoms with Gasteiger partial charge < -0.3 is 9.47 Å². The minimum absolute atomic E-state index is 0.250. The number of fused-ring (bicyclic) bond motifs is 1. The third-order valence-corrected chi connectivity index (χ3v) is 4.91. The highest BCUT2D eigenvalue weighted by molar-refractivity contribution is 5.87. The summed E-state index contributed by atoms with van der Waals surface area (Å²) < 4.78 is 39.6. The lowest BCUT2D eigenvalue weighted by Crippen LogP contribution is -2.29. The Morgan fingerprint density at radius 1 is 0.903 bits per heavy atom. The molecule has 0 aliphatic rings. The highest BCUT2D eigenvalue weighted by atomic mass is 19.3. The molecule has 4 aromatic rings. The Morgan fingerprint density at radius 3 is 2.35 bits per heavy atom. The minimum atomic E-state index is -3.91. The lowest BCUT2D eigenvalue weighted by molar-refractivity contribution is -0.175. The molecule has 1 heterocycles. The molecule has 1 aromatic heterocycles. The largest absolute Gasteiger partial charge is 0.481 e. The van der Waals surface area contributed by atoms with Gasteiger partial charge in [0.05, 0.1) is 18.4 Å². The lowest BCUT2D eigenvalue weighted by atomic mass is 10.0. The van der Waals surface area contributed by atoms with Gasteiger partial charge in [0, 0.05) is 5.56 Å². The number of halogens is 2. The number of nitrogens with zero attached hydrogens (tertiary/aromatic N) is 1. The summed E-state index contributed by atoms with van der Waals surface area (Å²) in [7, 11) is 1.24. The van der Waals surface area contributed by atoms with Crippen LogP contribution in [0.25, 0.3) is 22.0 Å². The molecule has 0 aliphatic carbocycles. The fourth-order valence-corrected chi connectivity index (χ4v) is 3.27. The number of rotatable bonds is 6. The molecule has 4 rings (SSSR count). The van der Waals surface area contributed by atoms with E-state index in [1.54, 1.807) is 30.3 Å². The van der Waals surface area contributed by atoms with Crippen LogP contribution in [0, 0.1) is 0 Å². The van der Waals surface area contributed by atoms with Crippen LogP contribution in [0.15, 0.2) is 84.9 Å². The second-order valence-corrected chi connectivity index (χ2v) is 6.95. The fraction of sp³-hybridized carbons (Fsp3) is 0.120. The molecule has 0 spiro atoms. The van der Waals surface area contributed by atoms with Gasteiger partial charge in [-0.1, -0.05) is 66.7 Å². The molecule has 3 aromatic carbocycles. The van der Waals surface area contributed by atoms with E-state index in [-0.39, 0.29) is 12.5 Å². The topological polar surface area (TPSA) is 48.4 Å². The molecule has 31 heavy (non-hydrogen) atoms.